The summed E-state index contributed by atoms with van der Waals surface area (Å²) in [6.07, 6.45) is 1.69. The highest BCUT2D eigenvalue weighted by Crippen LogP contribution is 2.28. The molecule has 90 valence electrons. The Labute approximate surface area is 104 Å². The van der Waals surface area contributed by atoms with Gasteiger partial charge in [-0.05, 0) is 24.3 Å². The number of nitrogens with one attached hydrogen (secondary N) is 1. The minimum atomic E-state index is -3.36. The van der Waals surface area contributed by atoms with Crippen molar-refractivity contribution in [3.05, 3.63) is 36.5 Å². The summed E-state index contributed by atoms with van der Waals surface area (Å²) < 4.78 is 26.3. The third-order valence-electron chi connectivity index (χ3n) is 2.10. The predicted octanol–water partition coefficient (Wildman–Crippen LogP) is 2.11. The Balaban J connectivity index is 2.35. The van der Waals surface area contributed by atoms with Gasteiger partial charge in [-0.25, -0.2) is 13.1 Å². The molecule has 0 bridgehead atoms. The van der Waals surface area contributed by atoms with Gasteiger partial charge in [-0.1, -0.05) is 13.0 Å². The standard InChI is InChI=1S/C11H12N2O2S2/c1-2-13-17(14,15)11-7-6-10(16-11)9-5-3-4-8-12-9/h3-8,13H,2H2,1H3. The maximum Gasteiger partial charge on any atom is 0.250 e. The lowest BCUT2D eigenvalue weighted by Crippen LogP contribution is -2.22. The summed E-state index contributed by atoms with van der Waals surface area (Å²) in [7, 11) is -3.36. The van der Waals surface area contributed by atoms with Gasteiger partial charge in [0.2, 0.25) is 10.0 Å². The van der Waals surface area contributed by atoms with Crippen molar-refractivity contribution >= 4 is 21.4 Å². The van der Waals surface area contributed by atoms with Gasteiger partial charge >= 0.3 is 0 Å². The molecule has 17 heavy (non-hydrogen) atoms. The SMILES string of the molecule is CCNS(=O)(=O)c1ccc(-c2ccccn2)s1. The highest BCUT2D eigenvalue weighted by molar-refractivity contribution is 7.91. The van der Waals surface area contributed by atoms with Crippen molar-refractivity contribution in [3.63, 3.8) is 0 Å². The van der Waals surface area contributed by atoms with E-state index in [9.17, 15) is 8.42 Å². The van der Waals surface area contributed by atoms with Crippen LogP contribution in [0.1, 0.15) is 6.92 Å². The quantitative estimate of drug-likeness (QED) is 0.924. The molecule has 0 aliphatic rings. The fourth-order valence-electron chi connectivity index (χ4n) is 1.37. The average molecular weight is 268 g/mol. The molecule has 0 unspecified atom stereocenters. The summed E-state index contributed by atoms with van der Waals surface area (Å²) in [5.41, 5.74) is 0.787. The minimum absolute atomic E-state index is 0.319. The summed E-state index contributed by atoms with van der Waals surface area (Å²) in [4.78, 5) is 5.03. The topological polar surface area (TPSA) is 59.1 Å². The maximum atomic E-state index is 11.8. The molecular weight excluding hydrogens is 256 g/mol. The zero-order chi connectivity index (χ0) is 12.3. The molecule has 0 radical (unpaired) electrons. The number of nitrogens with zero attached hydrogens (tertiary/aromatic N) is 1. The summed E-state index contributed by atoms with van der Waals surface area (Å²) in [5, 5.41) is 0. The van der Waals surface area contributed by atoms with Crippen LogP contribution in [0.15, 0.2) is 40.7 Å². The first-order chi connectivity index (χ1) is 8.13. The molecule has 0 spiro atoms. The van der Waals surface area contributed by atoms with E-state index in [0.29, 0.717) is 10.8 Å². The van der Waals surface area contributed by atoms with Crippen molar-refractivity contribution in [1.29, 1.82) is 0 Å². The van der Waals surface area contributed by atoms with E-state index in [-0.39, 0.29) is 0 Å². The lowest BCUT2D eigenvalue weighted by atomic mass is 10.3. The second-order valence-corrected chi connectivity index (χ2v) is 6.41. The predicted molar refractivity (Wildman–Crippen MR) is 68.4 cm³/mol. The molecule has 0 aliphatic carbocycles. The number of thiophene rings is 1. The Bertz CT molecular complexity index is 591. The summed E-state index contributed by atoms with van der Waals surface area (Å²) in [6.45, 7) is 2.14. The molecule has 4 nitrogen and oxygen atoms in total. The molecule has 0 saturated heterocycles. The molecule has 1 N–H and O–H groups in total. The molecule has 0 atom stereocenters. The molecule has 0 saturated carbocycles. The summed E-state index contributed by atoms with van der Waals surface area (Å²) in [5.74, 6) is 0. The number of hydrogen-bond acceptors (Lipinski definition) is 4. The highest BCUT2D eigenvalue weighted by atomic mass is 32.2. The van der Waals surface area contributed by atoms with E-state index in [4.69, 9.17) is 0 Å². The Morgan fingerprint density at radius 1 is 1.29 bits per heavy atom. The van der Waals surface area contributed by atoms with Crippen LogP contribution < -0.4 is 4.72 Å². The normalized spacial score (nSPS) is 11.6. The molecule has 2 rings (SSSR count). The van der Waals surface area contributed by atoms with Gasteiger partial charge in [-0.3, -0.25) is 4.98 Å². The molecule has 0 amide bonds. The zero-order valence-corrected chi connectivity index (χ0v) is 10.9. The van der Waals surface area contributed by atoms with Crippen LogP contribution in [0.5, 0.6) is 0 Å². The van der Waals surface area contributed by atoms with Crippen LogP contribution in [0, 0.1) is 0 Å². The van der Waals surface area contributed by atoms with E-state index >= 15 is 0 Å². The maximum absolute atomic E-state index is 11.8. The van der Waals surface area contributed by atoms with Crippen LogP contribution in [0.2, 0.25) is 0 Å². The molecular formula is C11H12N2O2S2. The van der Waals surface area contributed by atoms with Gasteiger partial charge in [0.05, 0.1) is 10.6 Å². The largest absolute Gasteiger partial charge is 0.255 e. The van der Waals surface area contributed by atoms with Gasteiger partial charge in [0, 0.05) is 12.7 Å². The van der Waals surface area contributed by atoms with Gasteiger partial charge in [0.15, 0.2) is 0 Å². The molecule has 2 heterocycles. The molecule has 0 aliphatic heterocycles. The lowest BCUT2D eigenvalue weighted by Gasteiger charge is -1.99. The zero-order valence-electron chi connectivity index (χ0n) is 9.25. The van der Waals surface area contributed by atoms with E-state index in [1.54, 1.807) is 25.3 Å². The number of rotatable bonds is 4. The smallest absolute Gasteiger partial charge is 0.250 e. The van der Waals surface area contributed by atoms with Crippen molar-refractivity contribution in [2.75, 3.05) is 6.54 Å². The van der Waals surface area contributed by atoms with Gasteiger partial charge in [-0.15, -0.1) is 11.3 Å². The van der Waals surface area contributed by atoms with Crippen molar-refractivity contribution in [3.8, 4) is 10.6 Å². The fraction of sp³-hybridized carbons (Fsp3) is 0.182. The first-order valence-electron chi connectivity index (χ1n) is 5.14. The van der Waals surface area contributed by atoms with Gasteiger partial charge in [0.1, 0.15) is 4.21 Å². The molecule has 2 aromatic heterocycles. The summed E-state index contributed by atoms with van der Waals surface area (Å²) in [6, 6.07) is 8.94. The Morgan fingerprint density at radius 2 is 2.12 bits per heavy atom. The third-order valence-corrected chi connectivity index (χ3v) is 5.24. The van der Waals surface area contributed by atoms with Gasteiger partial charge in [0.25, 0.3) is 0 Å². The van der Waals surface area contributed by atoms with Crippen molar-refractivity contribution in [1.82, 2.24) is 9.71 Å². The first kappa shape index (κ1) is 12.2. The van der Waals surface area contributed by atoms with Gasteiger partial charge < -0.3 is 0 Å². The van der Waals surface area contributed by atoms with Crippen molar-refractivity contribution in [2.24, 2.45) is 0 Å². The van der Waals surface area contributed by atoms with E-state index in [1.807, 2.05) is 18.2 Å². The number of aromatic nitrogens is 1. The van der Waals surface area contributed by atoms with Gasteiger partial charge in [-0.2, -0.15) is 0 Å². The van der Waals surface area contributed by atoms with Crippen LogP contribution in [0.3, 0.4) is 0 Å². The van der Waals surface area contributed by atoms with Crippen LogP contribution in [0.4, 0.5) is 0 Å². The van der Waals surface area contributed by atoms with E-state index in [0.717, 1.165) is 10.6 Å². The second kappa shape index (κ2) is 4.95. The Kier molecular flexibility index (Phi) is 3.56. The lowest BCUT2D eigenvalue weighted by molar-refractivity contribution is 0.586. The number of pyridine rings is 1. The molecule has 6 heteroatoms. The second-order valence-electron chi connectivity index (χ2n) is 3.33. The van der Waals surface area contributed by atoms with Crippen molar-refractivity contribution in [2.45, 2.75) is 11.1 Å². The van der Waals surface area contributed by atoms with Crippen LogP contribution in [0.25, 0.3) is 10.6 Å². The first-order valence-corrected chi connectivity index (χ1v) is 7.44. The minimum Gasteiger partial charge on any atom is -0.255 e. The number of sulfonamides is 1. The molecule has 0 fully saturated rings. The molecule has 0 aromatic carbocycles. The van der Waals surface area contributed by atoms with Crippen LogP contribution in [-0.2, 0) is 10.0 Å². The van der Waals surface area contributed by atoms with E-state index in [1.165, 1.54) is 11.3 Å². The fourth-order valence-corrected chi connectivity index (χ4v) is 3.74. The highest BCUT2D eigenvalue weighted by Gasteiger charge is 2.16. The van der Waals surface area contributed by atoms with Crippen LogP contribution >= 0.6 is 11.3 Å². The summed E-state index contributed by atoms with van der Waals surface area (Å²) >= 11 is 1.22. The van der Waals surface area contributed by atoms with E-state index in [2.05, 4.69) is 9.71 Å². The van der Waals surface area contributed by atoms with Crippen molar-refractivity contribution < 1.29 is 8.42 Å². The van der Waals surface area contributed by atoms with Crippen LogP contribution in [-0.4, -0.2) is 19.9 Å². The number of hydrogen-bond donors (Lipinski definition) is 1. The Hall–Kier alpha value is -1.24. The molecule has 2 aromatic rings. The third kappa shape index (κ3) is 2.71. The van der Waals surface area contributed by atoms with E-state index < -0.39 is 10.0 Å². The Morgan fingerprint density at radius 3 is 2.76 bits per heavy atom. The average Bonchev–Trinajstić information content (AvgIpc) is 2.80. The monoisotopic (exact) mass is 268 g/mol.